The molecule has 3 rings (SSSR count). The highest BCUT2D eigenvalue weighted by molar-refractivity contribution is 6.09. The number of nitrogens with one attached hydrogen (secondary N) is 2. The Hall–Kier alpha value is -2.57. The van der Waals surface area contributed by atoms with Crippen LogP contribution in [0.25, 0.3) is 0 Å². The second kappa shape index (κ2) is 9.22. The molecule has 0 saturated carbocycles. The van der Waals surface area contributed by atoms with Gasteiger partial charge in [-0.05, 0) is 36.4 Å². The van der Waals surface area contributed by atoms with Crippen LogP contribution in [0, 0.1) is 0 Å². The number of benzene rings is 2. The molecule has 0 atom stereocenters. The SMILES string of the molecule is COc1ccc(C(=O)Nc2ccccc2C(=O)N2CCNCC2)cc1.Cl. The zero-order valence-corrected chi connectivity index (χ0v) is 15.3. The van der Waals surface area contributed by atoms with E-state index in [4.69, 9.17) is 4.74 Å². The summed E-state index contributed by atoms with van der Waals surface area (Å²) >= 11 is 0. The van der Waals surface area contributed by atoms with Gasteiger partial charge in [0.25, 0.3) is 11.8 Å². The summed E-state index contributed by atoms with van der Waals surface area (Å²) in [4.78, 5) is 27.0. The van der Waals surface area contributed by atoms with Crippen LogP contribution in [-0.2, 0) is 0 Å². The first-order chi connectivity index (χ1) is 12.2. The first-order valence-electron chi connectivity index (χ1n) is 8.23. The van der Waals surface area contributed by atoms with Crippen LogP contribution in [-0.4, -0.2) is 50.0 Å². The molecule has 6 nitrogen and oxygen atoms in total. The minimum absolute atomic E-state index is 0. The second-order valence-electron chi connectivity index (χ2n) is 5.77. The van der Waals surface area contributed by atoms with Gasteiger partial charge in [0.05, 0.1) is 18.4 Å². The lowest BCUT2D eigenvalue weighted by Gasteiger charge is -2.28. The first-order valence-corrected chi connectivity index (χ1v) is 8.23. The third kappa shape index (κ3) is 4.53. The average molecular weight is 376 g/mol. The van der Waals surface area contributed by atoms with E-state index in [-0.39, 0.29) is 24.2 Å². The Morgan fingerprint density at radius 1 is 1.04 bits per heavy atom. The van der Waals surface area contributed by atoms with E-state index in [2.05, 4.69) is 10.6 Å². The fourth-order valence-corrected chi connectivity index (χ4v) is 2.75. The van der Waals surface area contributed by atoms with Crippen molar-refractivity contribution in [2.45, 2.75) is 0 Å². The van der Waals surface area contributed by atoms with E-state index in [0.717, 1.165) is 13.1 Å². The van der Waals surface area contributed by atoms with Crippen molar-refractivity contribution in [2.24, 2.45) is 0 Å². The summed E-state index contributed by atoms with van der Waals surface area (Å²) in [6.07, 6.45) is 0. The summed E-state index contributed by atoms with van der Waals surface area (Å²) in [6, 6.07) is 13.9. The summed E-state index contributed by atoms with van der Waals surface area (Å²) in [7, 11) is 1.58. The maximum absolute atomic E-state index is 12.8. The maximum Gasteiger partial charge on any atom is 0.256 e. The molecule has 0 bridgehead atoms. The van der Waals surface area contributed by atoms with Gasteiger partial charge in [0.2, 0.25) is 0 Å². The number of amides is 2. The number of piperazine rings is 1. The highest BCUT2D eigenvalue weighted by atomic mass is 35.5. The fraction of sp³-hybridized carbons (Fsp3) is 0.263. The summed E-state index contributed by atoms with van der Waals surface area (Å²) in [5, 5.41) is 6.07. The number of carbonyl (C=O) groups is 2. The highest BCUT2D eigenvalue weighted by Crippen LogP contribution is 2.19. The molecule has 0 radical (unpaired) electrons. The van der Waals surface area contributed by atoms with Crippen molar-refractivity contribution >= 4 is 29.9 Å². The molecular weight excluding hydrogens is 354 g/mol. The molecule has 2 N–H and O–H groups in total. The third-order valence-electron chi connectivity index (χ3n) is 4.16. The number of anilines is 1. The van der Waals surface area contributed by atoms with Gasteiger partial charge in [-0.3, -0.25) is 9.59 Å². The zero-order chi connectivity index (χ0) is 17.6. The molecule has 2 aromatic rings. The molecule has 1 heterocycles. The highest BCUT2D eigenvalue weighted by Gasteiger charge is 2.21. The molecule has 7 heteroatoms. The van der Waals surface area contributed by atoms with E-state index in [9.17, 15) is 9.59 Å². The standard InChI is InChI=1S/C19H21N3O3.ClH/c1-25-15-8-6-14(7-9-15)18(23)21-17-5-3-2-4-16(17)19(24)22-12-10-20-11-13-22;/h2-9,20H,10-13H2,1H3,(H,21,23);1H. The summed E-state index contributed by atoms with van der Waals surface area (Å²) in [5.74, 6) is 0.362. The number of carbonyl (C=O) groups excluding carboxylic acids is 2. The summed E-state index contributed by atoms with van der Waals surface area (Å²) in [6.45, 7) is 2.90. The van der Waals surface area contributed by atoms with Gasteiger partial charge in [-0.15, -0.1) is 12.4 Å². The van der Waals surface area contributed by atoms with Gasteiger partial charge in [0, 0.05) is 31.7 Å². The Morgan fingerprint density at radius 2 is 1.69 bits per heavy atom. The fourth-order valence-electron chi connectivity index (χ4n) is 2.75. The van der Waals surface area contributed by atoms with Crippen molar-refractivity contribution in [3.05, 3.63) is 59.7 Å². The molecule has 26 heavy (non-hydrogen) atoms. The van der Waals surface area contributed by atoms with Gasteiger partial charge in [-0.25, -0.2) is 0 Å². The van der Waals surface area contributed by atoms with E-state index in [1.165, 1.54) is 0 Å². The van der Waals surface area contributed by atoms with E-state index in [0.29, 0.717) is 35.7 Å². The minimum atomic E-state index is -0.261. The molecule has 1 saturated heterocycles. The van der Waals surface area contributed by atoms with Crippen LogP contribution in [0.2, 0.25) is 0 Å². The van der Waals surface area contributed by atoms with Gasteiger partial charge >= 0.3 is 0 Å². The molecular formula is C19H22ClN3O3. The van der Waals surface area contributed by atoms with Gasteiger partial charge in [-0.2, -0.15) is 0 Å². The maximum atomic E-state index is 12.8. The average Bonchev–Trinajstić information content (AvgIpc) is 2.68. The minimum Gasteiger partial charge on any atom is -0.497 e. The smallest absolute Gasteiger partial charge is 0.256 e. The van der Waals surface area contributed by atoms with Gasteiger partial charge in [-0.1, -0.05) is 12.1 Å². The number of hydrogen-bond donors (Lipinski definition) is 2. The zero-order valence-electron chi connectivity index (χ0n) is 14.5. The molecule has 0 aliphatic carbocycles. The number of rotatable bonds is 4. The number of methoxy groups -OCH3 is 1. The number of halogens is 1. The molecule has 1 fully saturated rings. The number of nitrogens with zero attached hydrogens (tertiary/aromatic N) is 1. The van der Waals surface area contributed by atoms with Crippen molar-refractivity contribution < 1.29 is 14.3 Å². The lowest BCUT2D eigenvalue weighted by Crippen LogP contribution is -2.46. The Bertz CT molecular complexity index is 759. The number of para-hydroxylation sites is 1. The van der Waals surface area contributed by atoms with Crippen LogP contribution in [0.5, 0.6) is 5.75 Å². The van der Waals surface area contributed by atoms with E-state index in [1.807, 2.05) is 0 Å². The van der Waals surface area contributed by atoms with Crippen molar-refractivity contribution in [1.29, 1.82) is 0 Å². The van der Waals surface area contributed by atoms with Crippen LogP contribution in [0.4, 0.5) is 5.69 Å². The van der Waals surface area contributed by atoms with E-state index < -0.39 is 0 Å². The van der Waals surface area contributed by atoms with Crippen molar-refractivity contribution in [1.82, 2.24) is 10.2 Å². The van der Waals surface area contributed by atoms with Gasteiger partial charge in [0.15, 0.2) is 0 Å². The second-order valence-corrected chi connectivity index (χ2v) is 5.77. The van der Waals surface area contributed by atoms with Crippen molar-refractivity contribution in [3.63, 3.8) is 0 Å². The largest absolute Gasteiger partial charge is 0.497 e. The van der Waals surface area contributed by atoms with Crippen LogP contribution < -0.4 is 15.4 Å². The van der Waals surface area contributed by atoms with Crippen LogP contribution >= 0.6 is 12.4 Å². The predicted molar refractivity (Wildman–Crippen MR) is 103 cm³/mol. The third-order valence-corrected chi connectivity index (χ3v) is 4.16. The number of ether oxygens (including phenoxy) is 1. The first kappa shape index (κ1) is 19.8. The van der Waals surface area contributed by atoms with Crippen LogP contribution in [0.1, 0.15) is 20.7 Å². The van der Waals surface area contributed by atoms with E-state index >= 15 is 0 Å². The van der Waals surface area contributed by atoms with Crippen molar-refractivity contribution in [3.8, 4) is 5.75 Å². The Balaban J connectivity index is 0.00000243. The molecule has 1 aliphatic rings. The molecule has 2 amide bonds. The normalized spacial score (nSPS) is 13.5. The van der Waals surface area contributed by atoms with Crippen LogP contribution in [0.15, 0.2) is 48.5 Å². The lowest BCUT2D eigenvalue weighted by molar-refractivity contribution is 0.0737. The quantitative estimate of drug-likeness (QED) is 0.861. The molecule has 0 unspecified atom stereocenters. The van der Waals surface area contributed by atoms with E-state index in [1.54, 1.807) is 60.5 Å². The summed E-state index contributed by atoms with van der Waals surface area (Å²) < 4.78 is 5.10. The molecule has 1 aliphatic heterocycles. The molecule has 0 aromatic heterocycles. The summed E-state index contributed by atoms with van der Waals surface area (Å²) in [5.41, 5.74) is 1.53. The van der Waals surface area contributed by atoms with Gasteiger partial charge in [0.1, 0.15) is 5.75 Å². The van der Waals surface area contributed by atoms with Crippen LogP contribution in [0.3, 0.4) is 0 Å². The predicted octanol–water partition coefficient (Wildman–Crippen LogP) is 2.41. The topological polar surface area (TPSA) is 70.7 Å². The monoisotopic (exact) mass is 375 g/mol. The van der Waals surface area contributed by atoms with Gasteiger partial charge < -0.3 is 20.3 Å². The molecule has 138 valence electrons. The number of hydrogen-bond acceptors (Lipinski definition) is 4. The Kier molecular flexibility index (Phi) is 7.00. The Morgan fingerprint density at radius 3 is 2.35 bits per heavy atom. The van der Waals surface area contributed by atoms with Crippen molar-refractivity contribution in [2.75, 3.05) is 38.6 Å². The molecule has 0 spiro atoms. The molecule has 2 aromatic carbocycles. The Labute approximate surface area is 158 Å². The lowest BCUT2D eigenvalue weighted by atomic mass is 10.1.